The van der Waals surface area contributed by atoms with E-state index in [2.05, 4.69) is 15.4 Å². The number of amides is 1. The maximum atomic E-state index is 12.3. The number of nitrogens with zero attached hydrogens (tertiary/aromatic N) is 2. The number of ether oxygens (including phenoxy) is 1. The number of anilines is 1. The lowest BCUT2D eigenvalue weighted by atomic mass is 10.2. The number of aryl methyl sites for hydroxylation is 1. The molecule has 8 nitrogen and oxygen atoms in total. The molecule has 128 valence electrons. The zero-order valence-electron chi connectivity index (χ0n) is 13.9. The molecular weight excluding hydrogens is 324 g/mol. The molecular formula is C17H16N4O4. The summed E-state index contributed by atoms with van der Waals surface area (Å²) in [6.07, 6.45) is 0. The highest BCUT2D eigenvalue weighted by atomic mass is 16.5. The number of hydrogen-bond donors (Lipinski definition) is 2. The van der Waals surface area contributed by atoms with Crippen molar-refractivity contribution in [1.82, 2.24) is 14.8 Å². The molecule has 2 N–H and O–H groups in total. The molecule has 8 heteroatoms. The molecule has 0 atom stereocenters. The van der Waals surface area contributed by atoms with Gasteiger partial charge < -0.3 is 15.0 Å². The standard InChI is InChI=1S/C17H16N4O4/c1-9-13-8-14(17(24)19-15(13)21(20-9)10(2)22)18-16(23)11-4-6-12(25-3)7-5-11/h4-8H,1-3H3,(H,18,23)(H,19,24). The Morgan fingerprint density at radius 2 is 1.92 bits per heavy atom. The molecule has 0 bridgehead atoms. The number of carbonyl (C=O) groups is 2. The summed E-state index contributed by atoms with van der Waals surface area (Å²) in [6, 6.07) is 8.02. The Bertz CT molecular complexity index is 1030. The summed E-state index contributed by atoms with van der Waals surface area (Å²) in [5.74, 6) is -0.115. The quantitative estimate of drug-likeness (QED) is 0.758. The highest BCUT2D eigenvalue weighted by molar-refractivity contribution is 6.05. The summed E-state index contributed by atoms with van der Waals surface area (Å²) in [7, 11) is 1.54. The van der Waals surface area contributed by atoms with E-state index >= 15 is 0 Å². The zero-order valence-corrected chi connectivity index (χ0v) is 13.9. The topological polar surface area (TPSA) is 106 Å². The zero-order chi connectivity index (χ0) is 18.1. The first-order chi connectivity index (χ1) is 11.9. The number of benzene rings is 1. The van der Waals surface area contributed by atoms with Crippen molar-refractivity contribution in [2.45, 2.75) is 13.8 Å². The number of aromatic amines is 1. The van der Waals surface area contributed by atoms with Crippen LogP contribution in [-0.2, 0) is 0 Å². The molecule has 1 amide bonds. The molecule has 3 aromatic rings. The minimum atomic E-state index is -0.517. The van der Waals surface area contributed by atoms with Crippen molar-refractivity contribution < 1.29 is 14.3 Å². The first-order valence-electron chi connectivity index (χ1n) is 7.49. The van der Waals surface area contributed by atoms with Gasteiger partial charge in [0.25, 0.3) is 11.5 Å². The predicted molar refractivity (Wildman–Crippen MR) is 92.3 cm³/mol. The largest absolute Gasteiger partial charge is 0.497 e. The van der Waals surface area contributed by atoms with Crippen molar-refractivity contribution in [3.63, 3.8) is 0 Å². The van der Waals surface area contributed by atoms with Gasteiger partial charge in [0, 0.05) is 17.9 Å². The molecule has 0 unspecified atom stereocenters. The minimum Gasteiger partial charge on any atom is -0.497 e. The monoisotopic (exact) mass is 340 g/mol. The van der Waals surface area contributed by atoms with Crippen molar-refractivity contribution in [2.75, 3.05) is 12.4 Å². The predicted octanol–water partition coefficient (Wildman–Crippen LogP) is 1.95. The van der Waals surface area contributed by atoms with E-state index in [-0.39, 0.29) is 11.6 Å². The van der Waals surface area contributed by atoms with E-state index in [4.69, 9.17) is 4.74 Å². The third-order valence-corrected chi connectivity index (χ3v) is 3.77. The fourth-order valence-corrected chi connectivity index (χ4v) is 2.47. The lowest BCUT2D eigenvalue weighted by Gasteiger charge is -2.06. The number of nitrogens with one attached hydrogen (secondary N) is 2. The van der Waals surface area contributed by atoms with Gasteiger partial charge in [0.2, 0.25) is 5.91 Å². The van der Waals surface area contributed by atoms with Gasteiger partial charge in [-0.15, -0.1) is 0 Å². The van der Waals surface area contributed by atoms with E-state index < -0.39 is 11.5 Å². The number of hydrogen-bond acceptors (Lipinski definition) is 5. The lowest BCUT2D eigenvalue weighted by Crippen LogP contribution is -2.20. The molecule has 2 heterocycles. The fourth-order valence-electron chi connectivity index (χ4n) is 2.47. The average Bonchev–Trinajstić information content (AvgIpc) is 2.91. The summed E-state index contributed by atoms with van der Waals surface area (Å²) in [6.45, 7) is 3.07. The van der Waals surface area contributed by atoms with E-state index in [1.165, 1.54) is 20.1 Å². The van der Waals surface area contributed by atoms with E-state index in [1.54, 1.807) is 31.2 Å². The van der Waals surface area contributed by atoms with Crippen LogP contribution in [0.1, 0.15) is 27.8 Å². The molecule has 2 aromatic heterocycles. The fraction of sp³-hybridized carbons (Fsp3) is 0.176. The highest BCUT2D eigenvalue weighted by Crippen LogP contribution is 2.18. The van der Waals surface area contributed by atoms with Crippen LogP contribution in [0.2, 0.25) is 0 Å². The van der Waals surface area contributed by atoms with Gasteiger partial charge >= 0.3 is 0 Å². The van der Waals surface area contributed by atoms with Crippen LogP contribution in [0.4, 0.5) is 5.69 Å². The summed E-state index contributed by atoms with van der Waals surface area (Å²) in [5.41, 5.74) is 0.826. The van der Waals surface area contributed by atoms with Crippen LogP contribution in [0.15, 0.2) is 35.1 Å². The molecule has 1 aromatic carbocycles. The summed E-state index contributed by atoms with van der Waals surface area (Å²) in [5, 5.41) is 7.26. The Hall–Kier alpha value is -3.42. The molecule has 0 spiro atoms. The molecule has 0 fully saturated rings. The van der Waals surface area contributed by atoms with Gasteiger partial charge in [-0.2, -0.15) is 9.78 Å². The molecule has 3 rings (SSSR count). The van der Waals surface area contributed by atoms with Gasteiger partial charge in [-0.3, -0.25) is 14.4 Å². The second-order valence-corrected chi connectivity index (χ2v) is 5.47. The summed E-state index contributed by atoms with van der Waals surface area (Å²) < 4.78 is 6.17. The maximum Gasteiger partial charge on any atom is 0.273 e. The molecule has 0 radical (unpaired) electrons. The van der Waals surface area contributed by atoms with Crippen LogP contribution in [-0.4, -0.2) is 33.7 Å². The Labute approximate surface area is 142 Å². The maximum absolute atomic E-state index is 12.3. The van der Waals surface area contributed by atoms with Crippen LogP contribution < -0.4 is 15.6 Å². The van der Waals surface area contributed by atoms with Gasteiger partial charge in [0.05, 0.1) is 12.8 Å². The van der Waals surface area contributed by atoms with Crippen LogP contribution >= 0.6 is 0 Å². The smallest absolute Gasteiger partial charge is 0.273 e. The van der Waals surface area contributed by atoms with E-state index in [0.29, 0.717) is 28.0 Å². The summed E-state index contributed by atoms with van der Waals surface area (Å²) in [4.78, 5) is 38.7. The van der Waals surface area contributed by atoms with Crippen molar-refractivity contribution in [3.8, 4) is 5.75 Å². The van der Waals surface area contributed by atoms with Crippen molar-refractivity contribution in [3.05, 3.63) is 51.9 Å². The van der Waals surface area contributed by atoms with Crippen molar-refractivity contribution >= 4 is 28.5 Å². The third kappa shape index (κ3) is 3.01. The van der Waals surface area contributed by atoms with E-state index in [9.17, 15) is 14.4 Å². The number of H-pyrrole nitrogens is 1. The second kappa shape index (κ2) is 6.23. The van der Waals surface area contributed by atoms with Crippen LogP contribution in [0, 0.1) is 6.92 Å². The minimum absolute atomic E-state index is 0.0829. The van der Waals surface area contributed by atoms with Gasteiger partial charge in [-0.05, 0) is 37.3 Å². The van der Waals surface area contributed by atoms with Gasteiger partial charge in [-0.25, -0.2) is 0 Å². The molecule has 0 aliphatic rings. The highest BCUT2D eigenvalue weighted by Gasteiger charge is 2.15. The molecule has 0 saturated carbocycles. The lowest BCUT2D eigenvalue weighted by molar-refractivity contribution is 0.0925. The van der Waals surface area contributed by atoms with Crippen molar-refractivity contribution in [2.24, 2.45) is 0 Å². The third-order valence-electron chi connectivity index (χ3n) is 3.77. The first kappa shape index (κ1) is 16.4. The number of fused-ring (bicyclic) bond motifs is 1. The van der Waals surface area contributed by atoms with Gasteiger partial charge in [-0.1, -0.05) is 0 Å². The Morgan fingerprint density at radius 1 is 1.24 bits per heavy atom. The Morgan fingerprint density at radius 3 is 2.52 bits per heavy atom. The SMILES string of the molecule is COc1ccc(C(=O)Nc2cc3c(C)nn(C(C)=O)c3[nH]c2=O)cc1. The number of pyridine rings is 1. The molecule has 0 aliphatic carbocycles. The van der Waals surface area contributed by atoms with Gasteiger partial charge in [0.15, 0.2) is 0 Å². The van der Waals surface area contributed by atoms with E-state index in [1.807, 2.05) is 0 Å². The molecule has 25 heavy (non-hydrogen) atoms. The summed E-state index contributed by atoms with van der Waals surface area (Å²) >= 11 is 0. The number of carbonyl (C=O) groups excluding carboxylic acids is 2. The molecule has 0 aliphatic heterocycles. The number of aromatic nitrogens is 3. The number of methoxy groups -OCH3 is 1. The van der Waals surface area contributed by atoms with E-state index in [0.717, 1.165) is 4.68 Å². The first-order valence-corrected chi connectivity index (χ1v) is 7.49. The van der Waals surface area contributed by atoms with Crippen LogP contribution in [0.5, 0.6) is 5.75 Å². The van der Waals surface area contributed by atoms with Crippen LogP contribution in [0.3, 0.4) is 0 Å². The molecule has 0 saturated heterocycles. The number of rotatable bonds is 3. The Balaban J connectivity index is 1.97. The normalized spacial score (nSPS) is 10.7. The Kier molecular flexibility index (Phi) is 4.10. The van der Waals surface area contributed by atoms with Gasteiger partial charge in [0.1, 0.15) is 17.1 Å². The average molecular weight is 340 g/mol. The van der Waals surface area contributed by atoms with Crippen LogP contribution in [0.25, 0.3) is 11.0 Å². The van der Waals surface area contributed by atoms with Crippen molar-refractivity contribution in [1.29, 1.82) is 0 Å². The second-order valence-electron chi connectivity index (χ2n) is 5.47.